The zero-order valence-corrected chi connectivity index (χ0v) is 11.8. The van der Waals surface area contributed by atoms with Crippen LogP contribution in [0.3, 0.4) is 0 Å². The molecule has 0 aromatic heterocycles. The van der Waals surface area contributed by atoms with Crippen molar-refractivity contribution < 1.29 is 13.7 Å². The van der Waals surface area contributed by atoms with Gasteiger partial charge < -0.3 is 5.11 Å². The highest BCUT2D eigenvalue weighted by Crippen LogP contribution is 2.22. The third-order valence-corrected chi connectivity index (χ3v) is 4.11. The maximum absolute atomic E-state index is 13.7. The van der Waals surface area contributed by atoms with Crippen LogP contribution in [0.25, 0.3) is 0 Å². The van der Waals surface area contributed by atoms with Gasteiger partial charge in [-0.25, -0.2) is 13.3 Å². The maximum atomic E-state index is 13.7. The minimum absolute atomic E-state index is 0.0899. The van der Waals surface area contributed by atoms with Crippen molar-refractivity contribution in [3.8, 4) is 0 Å². The van der Waals surface area contributed by atoms with Gasteiger partial charge in [-0.1, -0.05) is 18.2 Å². The van der Waals surface area contributed by atoms with Crippen molar-refractivity contribution in [1.29, 1.82) is 0 Å². The van der Waals surface area contributed by atoms with Gasteiger partial charge in [0.1, 0.15) is 5.82 Å². The van der Waals surface area contributed by atoms with E-state index in [1.165, 1.54) is 6.07 Å². The van der Waals surface area contributed by atoms with Gasteiger partial charge in [0.2, 0.25) is 0 Å². The van der Waals surface area contributed by atoms with Crippen LogP contribution in [0.1, 0.15) is 38.8 Å². The normalized spacial score (nSPS) is 15.4. The molecule has 0 saturated heterocycles. The summed E-state index contributed by atoms with van der Waals surface area (Å²) in [6.07, 6.45) is 0.322. The second-order valence-corrected chi connectivity index (χ2v) is 7.08. The molecular weight excluding hydrogens is 253 g/mol. The van der Waals surface area contributed by atoms with E-state index in [0.29, 0.717) is 12.0 Å². The van der Waals surface area contributed by atoms with Crippen LogP contribution >= 0.6 is 0 Å². The van der Waals surface area contributed by atoms with E-state index in [1.807, 2.05) is 20.8 Å². The van der Waals surface area contributed by atoms with Crippen molar-refractivity contribution in [2.75, 3.05) is 6.61 Å². The smallest absolute Gasteiger partial charge is 0.128 e. The summed E-state index contributed by atoms with van der Waals surface area (Å²) in [6.45, 7) is 5.43. The van der Waals surface area contributed by atoms with Gasteiger partial charge in [-0.05, 0) is 33.3 Å². The van der Waals surface area contributed by atoms with Gasteiger partial charge in [0.15, 0.2) is 0 Å². The Morgan fingerprint density at radius 2 is 2.00 bits per heavy atom. The first kappa shape index (κ1) is 15.3. The molecule has 0 aliphatic heterocycles. The minimum Gasteiger partial charge on any atom is -0.396 e. The van der Waals surface area contributed by atoms with Crippen LogP contribution in [0.5, 0.6) is 0 Å². The van der Waals surface area contributed by atoms with Gasteiger partial charge >= 0.3 is 0 Å². The Kier molecular flexibility index (Phi) is 5.44. The summed E-state index contributed by atoms with van der Waals surface area (Å²) in [4.78, 5) is 0. The Morgan fingerprint density at radius 1 is 1.39 bits per heavy atom. The molecule has 0 fully saturated rings. The van der Waals surface area contributed by atoms with Gasteiger partial charge in [0.25, 0.3) is 0 Å². The molecule has 3 nitrogen and oxygen atoms in total. The van der Waals surface area contributed by atoms with E-state index in [0.717, 1.165) is 0 Å². The van der Waals surface area contributed by atoms with Gasteiger partial charge in [0.05, 0.1) is 15.7 Å². The van der Waals surface area contributed by atoms with Crippen LogP contribution < -0.4 is 4.72 Å². The SMILES string of the molecule is CC(C)(C)S(=O)NC(CCO)c1ccccc1F. The zero-order valence-electron chi connectivity index (χ0n) is 10.9. The quantitative estimate of drug-likeness (QED) is 0.865. The highest BCUT2D eigenvalue weighted by atomic mass is 32.2. The molecule has 0 aliphatic rings. The first-order valence-electron chi connectivity index (χ1n) is 5.89. The number of rotatable bonds is 5. The Hall–Kier alpha value is -0.780. The first-order valence-corrected chi connectivity index (χ1v) is 7.04. The van der Waals surface area contributed by atoms with Gasteiger partial charge in [-0.3, -0.25) is 0 Å². The lowest BCUT2D eigenvalue weighted by Gasteiger charge is -2.24. The maximum Gasteiger partial charge on any atom is 0.128 e. The van der Waals surface area contributed by atoms with Crippen molar-refractivity contribution in [1.82, 2.24) is 4.72 Å². The van der Waals surface area contributed by atoms with Crippen molar-refractivity contribution in [2.45, 2.75) is 38.0 Å². The fourth-order valence-corrected chi connectivity index (χ4v) is 2.33. The predicted molar refractivity (Wildman–Crippen MR) is 71.9 cm³/mol. The summed E-state index contributed by atoms with van der Waals surface area (Å²) in [5.74, 6) is -0.352. The van der Waals surface area contributed by atoms with Crippen LogP contribution in [0, 0.1) is 5.82 Å². The van der Waals surface area contributed by atoms with E-state index in [4.69, 9.17) is 5.11 Å². The summed E-state index contributed by atoms with van der Waals surface area (Å²) in [5, 5.41) is 9.04. The zero-order chi connectivity index (χ0) is 13.8. The van der Waals surface area contributed by atoms with Crippen LogP contribution in [-0.4, -0.2) is 20.7 Å². The van der Waals surface area contributed by atoms with E-state index in [-0.39, 0.29) is 12.4 Å². The molecule has 0 heterocycles. The molecule has 0 radical (unpaired) electrons. The van der Waals surface area contributed by atoms with Gasteiger partial charge in [0, 0.05) is 18.2 Å². The fourth-order valence-electron chi connectivity index (χ4n) is 1.47. The number of benzene rings is 1. The Balaban J connectivity index is 2.91. The molecular formula is C13H20FNO2S. The third-order valence-electron chi connectivity index (χ3n) is 2.50. The number of aliphatic hydroxyl groups excluding tert-OH is 1. The lowest BCUT2D eigenvalue weighted by atomic mass is 10.0. The topological polar surface area (TPSA) is 49.3 Å². The van der Waals surface area contributed by atoms with Crippen LogP contribution in [0.2, 0.25) is 0 Å². The average molecular weight is 273 g/mol. The molecule has 0 amide bonds. The summed E-state index contributed by atoms with van der Waals surface area (Å²) >= 11 is 0. The van der Waals surface area contributed by atoms with Gasteiger partial charge in [-0.2, -0.15) is 0 Å². The van der Waals surface area contributed by atoms with E-state index < -0.39 is 21.8 Å². The average Bonchev–Trinajstić information content (AvgIpc) is 2.28. The molecule has 0 saturated carbocycles. The van der Waals surface area contributed by atoms with E-state index in [2.05, 4.69) is 4.72 Å². The van der Waals surface area contributed by atoms with E-state index in [9.17, 15) is 8.60 Å². The Bertz CT molecular complexity index is 418. The predicted octanol–water partition coefficient (Wildman–Crippen LogP) is 2.30. The molecule has 1 aromatic rings. The highest BCUT2D eigenvalue weighted by molar-refractivity contribution is 7.84. The van der Waals surface area contributed by atoms with Gasteiger partial charge in [-0.15, -0.1) is 0 Å². The Morgan fingerprint density at radius 3 is 2.50 bits per heavy atom. The van der Waals surface area contributed by atoms with E-state index in [1.54, 1.807) is 18.2 Å². The second-order valence-electron chi connectivity index (χ2n) is 5.09. The summed E-state index contributed by atoms with van der Waals surface area (Å²) in [6, 6.07) is 5.89. The molecule has 102 valence electrons. The molecule has 2 N–H and O–H groups in total. The molecule has 5 heteroatoms. The molecule has 0 spiro atoms. The van der Waals surface area contributed by atoms with Crippen molar-refractivity contribution in [2.24, 2.45) is 0 Å². The first-order chi connectivity index (χ1) is 8.36. The lowest BCUT2D eigenvalue weighted by Crippen LogP contribution is -2.36. The van der Waals surface area contributed by atoms with Crippen LogP contribution in [0.4, 0.5) is 4.39 Å². The molecule has 18 heavy (non-hydrogen) atoms. The molecule has 2 atom stereocenters. The fraction of sp³-hybridized carbons (Fsp3) is 0.538. The number of nitrogens with one attached hydrogen (secondary N) is 1. The van der Waals surface area contributed by atoms with Crippen molar-refractivity contribution in [3.05, 3.63) is 35.6 Å². The number of halogens is 1. The highest BCUT2D eigenvalue weighted by Gasteiger charge is 2.24. The molecule has 0 bridgehead atoms. The summed E-state index contributed by atoms with van der Waals surface area (Å²) in [7, 11) is -1.31. The van der Waals surface area contributed by atoms with Crippen molar-refractivity contribution in [3.63, 3.8) is 0 Å². The number of hydrogen-bond acceptors (Lipinski definition) is 2. The van der Waals surface area contributed by atoms with E-state index >= 15 is 0 Å². The molecule has 2 unspecified atom stereocenters. The minimum atomic E-state index is -1.31. The van der Waals surface area contributed by atoms with Crippen LogP contribution in [-0.2, 0) is 11.0 Å². The molecule has 1 aromatic carbocycles. The number of aliphatic hydroxyl groups is 1. The Labute approximate surface area is 110 Å². The second kappa shape index (κ2) is 6.41. The summed E-state index contributed by atoms with van der Waals surface area (Å²) in [5.41, 5.74) is 0.434. The number of hydrogen-bond donors (Lipinski definition) is 2. The molecule has 0 aliphatic carbocycles. The van der Waals surface area contributed by atoms with Crippen LogP contribution in [0.15, 0.2) is 24.3 Å². The molecule has 1 rings (SSSR count). The monoisotopic (exact) mass is 273 g/mol. The lowest BCUT2D eigenvalue weighted by molar-refractivity contribution is 0.271. The van der Waals surface area contributed by atoms with Crippen molar-refractivity contribution >= 4 is 11.0 Å². The summed E-state index contributed by atoms with van der Waals surface area (Å²) < 4.78 is 28.2. The third kappa shape index (κ3) is 4.15. The largest absolute Gasteiger partial charge is 0.396 e. The standard InChI is InChI=1S/C13H20FNO2S/c1-13(2,3)18(17)15-12(8-9-16)10-6-4-5-7-11(10)14/h4-7,12,15-16H,8-9H2,1-3H3.